The molecule has 0 aliphatic heterocycles. The molecule has 0 aromatic rings. The van der Waals surface area contributed by atoms with Crippen molar-refractivity contribution in [1.82, 2.24) is 86.1 Å². The lowest BCUT2D eigenvalue weighted by Crippen LogP contribution is -0.482. The van der Waals surface area contributed by atoms with Crippen LogP contribution in [0.3, 0.4) is 0 Å². The Labute approximate surface area is 87.3 Å². The van der Waals surface area contributed by atoms with Crippen LogP contribution >= 0.6 is 0 Å². The lowest BCUT2D eigenvalue weighted by Gasteiger charge is -0.345. The molecular formula is H42N14. The van der Waals surface area contributed by atoms with E-state index in [4.69, 9.17) is 0 Å². The van der Waals surface area contributed by atoms with Crippen LogP contribution < -0.4 is 86.1 Å². The molecule has 0 bridgehead atoms. The standard InChI is InChI=1S/14H3N/h14*1H3. The SMILES string of the molecule is N.N.N.N.N.N.N.N.N.N.N.N.N.N. The van der Waals surface area contributed by atoms with Crippen molar-refractivity contribution >= 4 is 0 Å². The van der Waals surface area contributed by atoms with E-state index in [1.165, 1.54) is 0 Å². The lowest BCUT2D eigenvalue weighted by molar-refractivity contribution is 2.13. The number of hydrogen-bond donors (Lipinski definition) is 14. The van der Waals surface area contributed by atoms with Crippen molar-refractivity contribution in [2.24, 2.45) is 0 Å². The quantitative estimate of drug-likeness (QED) is 0.287. The van der Waals surface area contributed by atoms with Crippen molar-refractivity contribution in [3.63, 3.8) is 0 Å². The molecule has 0 aromatic carbocycles. The van der Waals surface area contributed by atoms with Crippen LogP contribution in [0, 0.1) is 0 Å². The van der Waals surface area contributed by atoms with E-state index < -0.39 is 0 Å². The second kappa shape index (κ2) is 5190. The topological polar surface area (TPSA) is 490 Å². The molecule has 0 unspecified atom stereocenters. The zero-order valence-electron chi connectivity index (χ0n) is 9.90. The summed E-state index contributed by atoms with van der Waals surface area (Å²) >= 11 is 0. The smallest absolute Gasteiger partial charge is 0.344 e. The molecule has 14 heteroatoms. The normalized spacial score (nSPS) is 0. The van der Waals surface area contributed by atoms with Gasteiger partial charge in [0.05, 0.1) is 0 Å². The van der Waals surface area contributed by atoms with Crippen LogP contribution in [-0.4, -0.2) is 0 Å². The Bertz CT molecular complexity index is 0. The first-order chi connectivity index (χ1) is 0. The van der Waals surface area contributed by atoms with Gasteiger partial charge in [-0.25, -0.2) is 0 Å². The summed E-state index contributed by atoms with van der Waals surface area (Å²) in [5.41, 5.74) is 0. The Morgan fingerprint density at radius 1 is 0.0714 bits per heavy atom. The molecule has 0 spiro atoms. The highest BCUT2D eigenvalue weighted by Gasteiger charge is -0.331. The minimum atomic E-state index is 0. The van der Waals surface area contributed by atoms with Gasteiger partial charge in [0.25, 0.3) is 0 Å². The fourth-order valence-corrected chi connectivity index (χ4v) is 0. The van der Waals surface area contributed by atoms with Gasteiger partial charge in [0.15, 0.2) is 0 Å². The van der Waals surface area contributed by atoms with Crippen molar-refractivity contribution in [1.29, 1.82) is 0 Å². The van der Waals surface area contributed by atoms with Gasteiger partial charge >= 0.3 is 0 Å². The van der Waals surface area contributed by atoms with Gasteiger partial charge in [-0.1, -0.05) is 0 Å². The molecule has 0 radical (unpaired) electrons. The minimum absolute atomic E-state index is 0. The maximum Gasteiger partial charge on any atom is -0.344 e. The van der Waals surface area contributed by atoms with Gasteiger partial charge in [-0.05, 0) is 0 Å². The van der Waals surface area contributed by atoms with Gasteiger partial charge < -0.3 is 86.1 Å². The molecular weight excluding hydrogens is 196 g/mol. The van der Waals surface area contributed by atoms with Crippen LogP contribution in [0.2, 0.25) is 0 Å². The van der Waals surface area contributed by atoms with Gasteiger partial charge in [-0.2, -0.15) is 0 Å². The van der Waals surface area contributed by atoms with E-state index in [1.807, 2.05) is 0 Å². The largest absolute Gasteiger partial charge is 0.344 e. The molecule has 112 valence electrons. The highest BCUT2D eigenvalue weighted by atomic mass is 14.0. The lowest BCUT2D eigenvalue weighted by atomic mass is 14.0. The molecule has 14 heavy (non-hydrogen) atoms. The Morgan fingerprint density at radius 2 is 0.0714 bits per heavy atom. The van der Waals surface area contributed by atoms with Crippen LogP contribution in [0.5, 0.6) is 0 Å². The first-order valence-electron chi connectivity index (χ1n) is 0. The third-order valence-corrected chi connectivity index (χ3v) is 0. The third kappa shape index (κ3) is 3980. The minimum Gasteiger partial charge on any atom is -0.344 e. The molecule has 0 rings (SSSR count). The zero-order valence-corrected chi connectivity index (χ0v) is 9.90. The van der Waals surface area contributed by atoms with Crippen molar-refractivity contribution in [2.45, 2.75) is 0 Å². The first kappa shape index (κ1) is 6630. The van der Waals surface area contributed by atoms with Crippen LogP contribution in [0.4, 0.5) is 0 Å². The van der Waals surface area contributed by atoms with Gasteiger partial charge in [-0.15, -0.1) is 0 Å². The summed E-state index contributed by atoms with van der Waals surface area (Å²) in [6.07, 6.45) is 0. The van der Waals surface area contributed by atoms with Gasteiger partial charge in [0.2, 0.25) is 0 Å². The monoisotopic (exact) mass is 238 g/mol. The highest BCUT2D eigenvalue weighted by molar-refractivity contribution is 2.15. The first-order valence-corrected chi connectivity index (χ1v) is 0. The molecule has 0 aliphatic rings. The fourth-order valence-electron chi connectivity index (χ4n) is 0. The van der Waals surface area contributed by atoms with E-state index in [0.717, 1.165) is 0 Å². The predicted octanol–water partition coefficient (Wildman–Crippen LogP) is 2.27. The molecule has 0 heterocycles. The van der Waals surface area contributed by atoms with Gasteiger partial charge in [-0.3, -0.25) is 0 Å². The van der Waals surface area contributed by atoms with Crippen LogP contribution in [0.1, 0.15) is 0 Å². The molecule has 0 aromatic heterocycles. The van der Waals surface area contributed by atoms with Crippen LogP contribution in [0.15, 0.2) is 0 Å². The summed E-state index contributed by atoms with van der Waals surface area (Å²) in [5, 5.41) is 0. The van der Waals surface area contributed by atoms with Crippen molar-refractivity contribution in [3.05, 3.63) is 0 Å². The summed E-state index contributed by atoms with van der Waals surface area (Å²) in [5.74, 6) is 0. The van der Waals surface area contributed by atoms with E-state index in [-0.39, 0.29) is 86.1 Å². The molecule has 0 atom stereocenters. The zero-order chi connectivity index (χ0) is 0. The van der Waals surface area contributed by atoms with Crippen LogP contribution in [0.25, 0.3) is 0 Å². The average molecular weight is 238 g/mol. The molecule has 0 fully saturated rings. The van der Waals surface area contributed by atoms with E-state index >= 15 is 0 Å². The molecule has 0 aliphatic carbocycles. The predicted molar refractivity (Wildman–Crippen MR) is 70.3 cm³/mol. The van der Waals surface area contributed by atoms with Gasteiger partial charge in [0, 0.05) is 0 Å². The van der Waals surface area contributed by atoms with Crippen molar-refractivity contribution in [2.75, 3.05) is 0 Å². The van der Waals surface area contributed by atoms with Crippen molar-refractivity contribution < 1.29 is 0 Å². The summed E-state index contributed by atoms with van der Waals surface area (Å²) in [6.45, 7) is 0. The summed E-state index contributed by atoms with van der Waals surface area (Å²) in [4.78, 5) is 0. The second-order valence-electron chi connectivity index (χ2n) is 0. The Morgan fingerprint density at radius 3 is 0.0714 bits per heavy atom. The third-order valence-electron chi connectivity index (χ3n) is 0. The summed E-state index contributed by atoms with van der Waals surface area (Å²) in [7, 11) is 0. The molecule has 0 saturated heterocycles. The summed E-state index contributed by atoms with van der Waals surface area (Å²) < 4.78 is 0. The van der Waals surface area contributed by atoms with E-state index in [2.05, 4.69) is 0 Å². The van der Waals surface area contributed by atoms with Gasteiger partial charge in [0.1, 0.15) is 0 Å². The second-order valence-corrected chi connectivity index (χ2v) is 0. The fraction of sp³-hybridized carbons (Fsp3) is 0. The summed E-state index contributed by atoms with van der Waals surface area (Å²) in [6, 6.07) is 0. The Balaban J connectivity index is 0. The van der Waals surface area contributed by atoms with E-state index in [1.54, 1.807) is 0 Å². The Kier molecular flexibility index (Phi) is 2460000. The van der Waals surface area contributed by atoms with Crippen molar-refractivity contribution in [3.8, 4) is 0 Å². The number of hydrogen-bond acceptors (Lipinski definition) is 14. The average Bonchev–Trinajstić information content (AvgIpc) is 0. The molecule has 14 nitrogen and oxygen atoms in total. The molecule has 0 amide bonds. The maximum absolute atomic E-state index is 0. The van der Waals surface area contributed by atoms with Crippen LogP contribution in [-0.2, 0) is 0 Å². The Hall–Kier alpha value is -0.560. The molecule has 42 N–H and O–H groups in total. The van der Waals surface area contributed by atoms with E-state index in [0.29, 0.717) is 0 Å². The highest BCUT2D eigenvalue weighted by Crippen LogP contribution is -0.468. The maximum atomic E-state index is 0. The molecule has 0 saturated carbocycles. The number of rotatable bonds is 0. The van der Waals surface area contributed by atoms with E-state index in [9.17, 15) is 0 Å².